The lowest BCUT2D eigenvalue weighted by Gasteiger charge is -2.36. The van der Waals surface area contributed by atoms with E-state index >= 15 is 0 Å². The highest BCUT2D eigenvalue weighted by atomic mass is 16.1. The Morgan fingerprint density at radius 2 is 1.79 bits per heavy atom. The molecular weight excluding hydrogens is 530 g/mol. The molecule has 4 heterocycles. The van der Waals surface area contributed by atoms with E-state index in [1.165, 1.54) is 38.3 Å². The Balaban J connectivity index is 1.36. The average Bonchev–Trinajstić information content (AvgIpc) is 3.49. The van der Waals surface area contributed by atoms with Gasteiger partial charge in [0.05, 0.1) is 0 Å². The van der Waals surface area contributed by atoms with Gasteiger partial charge < -0.3 is 37.3 Å². The second-order valence-electron chi connectivity index (χ2n) is 12.2. The molecule has 2 fully saturated rings. The second kappa shape index (κ2) is 11.9. The van der Waals surface area contributed by atoms with Crippen molar-refractivity contribution in [3.8, 4) is 0 Å². The molecule has 0 atom stereocenters. The number of nitrogens with two attached hydrogens (primary N) is 2. The molecule has 1 aromatic carbocycles. The molecule has 7 N–H and O–H groups in total. The molecule has 0 saturated carbocycles. The first-order chi connectivity index (χ1) is 20.0. The number of carbonyl (C=O) groups is 1. The van der Waals surface area contributed by atoms with Crippen molar-refractivity contribution < 1.29 is 4.79 Å². The van der Waals surface area contributed by atoms with E-state index < -0.39 is 0 Å². The van der Waals surface area contributed by atoms with Crippen molar-refractivity contribution in [2.45, 2.75) is 59.4 Å². The van der Waals surface area contributed by atoms with Gasteiger partial charge in [0.25, 0.3) is 5.91 Å². The number of fused-ring (bicyclic) bond motifs is 1. The third kappa shape index (κ3) is 6.43. The van der Waals surface area contributed by atoms with E-state index in [2.05, 4.69) is 35.4 Å². The highest BCUT2D eigenvalue weighted by Gasteiger charge is 2.28. The fourth-order valence-electron chi connectivity index (χ4n) is 5.37. The number of nitrogens with zero attached hydrogens (tertiary/aromatic N) is 6. The fourth-order valence-corrected chi connectivity index (χ4v) is 5.37. The summed E-state index contributed by atoms with van der Waals surface area (Å²) in [4.78, 5) is 36.1. The van der Waals surface area contributed by atoms with Crippen molar-refractivity contribution in [3.05, 3.63) is 47.6 Å². The average molecular weight is 572 g/mol. The Kier molecular flexibility index (Phi) is 8.26. The van der Waals surface area contributed by atoms with Crippen molar-refractivity contribution in [2.75, 3.05) is 42.1 Å². The largest absolute Gasteiger partial charge is 0.385 e. The number of amides is 1. The van der Waals surface area contributed by atoms with Gasteiger partial charge in [-0.1, -0.05) is 26.8 Å². The lowest BCUT2D eigenvalue weighted by atomic mass is 9.90. The predicted octanol–water partition coefficient (Wildman–Crippen LogP) is 3.71. The molecule has 0 bridgehead atoms. The molecular formula is C30H41N11O. The van der Waals surface area contributed by atoms with E-state index in [4.69, 9.17) is 21.9 Å². The van der Waals surface area contributed by atoms with Gasteiger partial charge >= 0.3 is 0 Å². The molecule has 0 unspecified atom stereocenters. The van der Waals surface area contributed by atoms with E-state index in [9.17, 15) is 4.79 Å². The third-order valence-electron chi connectivity index (χ3n) is 8.02. The number of hydrogen-bond acceptors (Lipinski definition) is 11. The quantitative estimate of drug-likeness (QED) is 0.263. The summed E-state index contributed by atoms with van der Waals surface area (Å²) in [6, 6.07) is 5.92. The topological polar surface area (TPSA) is 175 Å². The summed E-state index contributed by atoms with van der Waals surface area (Å²) in [6.07, 6.45) is 7.62. The number of anilines is 4. The highest BCUT2D eigenvalue weighted by molar-refractivity contribution is 6.00. The summed E-state index contributed by atoms with van der Waals surface area (Å²) in [5, 5.41) is 14.2. The van der Waals surface area contributed by atoms with Crippen LogP contribution in [0.1, 0.15) is 62.4 Å². The zero-order chi connectivity index (χ0) is 30.0. The smallest absolute Gasteiger partial charge is 0.256 e. The van der Waals surface area contributed by atoms with Crippen LogP contribution in [0.25, 0.3) is 11.0 Å². The first kappa shape index (κ1) is 29.2. The monoisotopic (exact) mass is 571 g/mol. The number of benzene rings is 1. The van der Waals surface area contributed by atoms with E-state index in [1.807, 2.05) is 33.8 Å². The van der Waals surface area contributed by atoms with Crippen LogP contribution < -0.4 is 27.0 Å². The SMILES string of the molecule is Cc1ccc(C(=O)N/C(N)=C/C(=N)C(C)(C)C)cc1Nc1ncnc2c(N)nc(N3CCC(N4CCCC4)CC3)nc12. The third-order valence-corrected chi connectivity index (χ3v) is 8.02. The second-order valence-corrected chi connectivity index (χ2v) is 12.2. The molecule has 0 radical (unpaired) electrons. The zero-order valence-corrected chi connectivity index (χ0v) is 24.9. The van der Waals surface area contributed by atoms with Crippen LogP contribution >= 0.6 is 0 Å². The van der Waals surface area contributed by atoms with Gasteiger partial charge in [0, 0.05) is 41.5 Å². The van der Waals surface area contributed by atoms with Crippen molar-refractivity contribution >= 4 is 45.9 Å². The fraction of sp³-hybridized carbons (Fsp3) is 0.467. The molecule has 3 aromatic rings. The van der Waals surface area contributed by atoms with E-state index in [0.29, 0.717) is 51.6 Å². The Hall–Kier alpha value is -4.32. The van der Waals surface area contributed by atoms with Crippen LogP contribution in [0.5, 0.6) is 0 Å². The van der Waals surface area contributed by atoms with Crippen LogP contribution in [0.15, 0.2) is 36.4 Å². The summed E-state index contributed by atoms with van der Waals surface area (Å²) in [6.45, 7) is 11.8. The summed E-state index contributed by atoms with van der Waals surface area (Å²) in [7, 11) is 0. The van der Waals surface area contributed by atoms with Crippen LogP contribution in [0.3, 0.4) is 0 Å². The molecule has 12 heteroatoms. The maximum absolute atomic E-state index is 13.0. The maximum atomic E-state index is 13.0. The van der Waals surface area contributed by atoms with Crippen molar-refractivity contribution in [3.63, 3.8) is 0 Å². The van der Waals surface area contributed by atoms with Crippen molar-refractivity contribution in [1.82, 2.24) is 30.2 Å². The van der Waals surface area contributed by atoms with Gasteiger partial charge in [-0.15, -0.1) is 0 Å². The standard InChI is InChI=1S/C30H41N11O/c1-18-7-8-19(28(42)37-23(32)16-22(31)30(2,3)4)15-21(18)36-27-25-24(34-17-35-27)26(33)39-29(38-25)41-13-9-20(10-14-41)40-11-5-6-12-40/h7-8,15-17,20,31H,5-6,9-14,32H2,1-4H3,(H,37,42)(H2,33,38,39)(H,34,35,36)/b23-16+,31-22?. The van der Waals surface area contributed by atoms with Gasteiger partial charge in [-0.3, -0.25) is 4.79 Å². The number of hydrogen-bond donors (Lipinski definition) is 5. The molecule has 5 rings (SSSR count). The number of nitrogens with one attached hydrogen (secondary N) is 3. The van der Waals surface area contributed by atoms with Gasteiger partial charge in [0.2, 0.25) is 5.95 Å². The molecule has 2 aliphatic rings. The Morgan fingerprint density at radius 1 is 1.07 bits per heavy atom. The molecule has 0 spiro atoms. The summed E-state index contributed by atoms with van der Waals surface area (Å²) in [5.74, 6) is 1.08. The number of allylic oxidation sites excluding steroid dienone is 1. The Labute approximate surface area is 246 Å². The van der Waals surface area contributed by atoms with Gasteiger partial charge in [0.1, 0.15) is 23.2 Å². The van der Waals surface area contributed by atoms with E-state index in [0.717, 1.165) is 31.5 Å². The number of piperidine rings is 1. The van der Waals surface area contributed by atoms with Crippen LogP contribution in [0.4, 0.5) is 23.3 Å². The maximum Gasteiger partial charge on any atom is 0.256 e. The lowest BCUT2D eigenvalue weighted by Crippen LogP contribution is -2.44. The number of rotatable bonds is 7. The zero-order valence-electron chi connectivity index (χ0n) is 24.9. The lowest BCUT2D eigenvalue weighted by molar-refractivity contribution is 0.0965. The highest BCUT2D eigenvalue weighted by Crippen LogP contribution is 2.30. The van der Waals surface area contributed by atoms with Gasteiger partial charge in [0.15, 0.2) is 11.6 Å². The van der Waals surface area contributed by atoms with Gasteiger partial charge in [-0.05, 0) is 69.5 Å². The summed E-state index contributed by atoms with van der Waals surface area (Å²) >= 11 is 0. The first-order valence-electron chi connectivity index (χ1n) is 14.5. The van der Waals surface area contributed by atoms with Gasteiger partial charge in [-0.25, -0.2) is 15.0 Å². The molecule has 42 heavy (non-hydrogen) atoms. The van der Waals surface area contributed by atoms with E-state index in [1.54, 1.807) is 12.1 Å². The van der Waals surface area contributed by atoms with E-state index in [-0.39, 0.29) is 17.1 Å². The summed E-state index contributed by atoms with van der Waals surface area (Å²) in [5.41, 5.74) is 15.3. The molecule has 12 nitrogen and oxygen atoms in total. The normalized spacial score (nSPS) is 17.0. The molecule has 1 amide bonds. The molecule has 0 aliphatic carbocycles. The molecule has 2 aliphatic heterocycles. The van der Waals surface area contributed by atoms with Crippen LogP contribution in [0.2, 0.25) is 0 Å². The Bertz CT molecular complexity index is 1510. The summed E-state index contributed by atoms with van der Waals surface area (Å²) < 4.78 is 0. The number of nitrogen functional groups attached to an aromatic ring is 1. The van der Waals surface area contributed by atoms with Crippen LogP contribution in [-0.4, -0.2) is 68.7 Å². The number of carbonyl (C=O) groups excluding carboxylic acids is 1. The minimum Gasteiger partial charge on any atom is -0.385 e. The Morgan fingerprint density at radius 3 is 2.48 bits per heavy atom. The minimum atomic E-state index is -0.382. The molecule has 222 valence electrons. The molecule has 2 saturated heterocycles. The number of aromatic nitrogens is 4. The van der Waals surface area contributed by atoms with Crippen LogP contribution in [0, 0.1) is 17.7 Å². The van der Waals surface area contributed by atoms with Gasteiger partial charge in [-0.2, -0.15) is 4.98 Å². The molecule has 2 aromatic heterocycles. The van der Waals surface area contributed by atoms with Crippen molar-refractivity contribution in [2.24, 2.45) is 11.1 Å². The first-order valence-corrected chi connectivity index (χ1v) is 14.5. The minimum absolute atomic E-state index is 0.112. The van der Waals surface area contributed by atoms with Crippen LogP contribution in [-0.2, 0) is 0 Å². The number of aryl methyl sites for hydroxylation is 1. The number of likely N-dealkylation sites (tertiary alicyclic amines) is 1. The predicted molar refractivity (Wildman–Crippen MR) is 167 cm³/mol. The van der Waals surface area contributed by atoms with Crippen molar-refractivity contribution in [1.29, 1.82) is 5.41 Å².